The summed E-state index contributed by atoms with van der Waals surface area (Å²) in [6, 6.07) is 5.88. The maximum atomic E-state index is 11.7. The number of ether oxygens (including phenoxy) is 2. The zero-order valence-electron chi connectivity index (χ0n) is 14.7. The van der Waals surface area contributed by atoms with E-state index in [1.807, 2.05) is 12.3 Å². The fraction of sp³-hybridized carbons (Fsp3) is 0.737. The van der Waals surface area contributed by atoms with Gasteiger partial charge in [-0.15, -0.1) is 0 Å². The molecule has 0 unspecified atom stereocenters. The van der Waals surface area contributed by atoms with Crippen molar-refractivity contribution in [2.45, 2.75) is 57.7 Å². The molecule has 1 saturated heterocycles. The highest BCUT2D eigenvalue weighted by atomic mass is 16.5. The average Bonchev–Trinajstić information content (AvgIpc) is 2.62. The third kappa shape index (κ3) is 3.73. The molecule has 1 aliphatic carbocycles. The first-order valence-electron chi connectivity index (χ1n) is 9.34. The number of nitrogens with one attached hydrogen (secondary N) is 1. The maximum Gasteiger partial charge on any atom is 0.250 e. The van der Waals surface area contributed by atoms with E-state index in [0.717, 1.165) is 65.0 Å². The predicted octanol–water partition coefficient (Wildman–Crippen LogP) is 2.19. The summed E-state index contributed by atoms with van der Waals surface area (Å²) in [4.78, 5) is 11.7. The third-order valence-electron chi connectivity index (χ3n) is 5.69. The first-order chi connectivity index (χ1) is 11.8. The van der Waals surface area contributed by atoms with Crippen molar-refractivity contribution in [1.29, 1.82) is 0 Å². The van der Waals surface area contributed by atoms with Crippen LogP contribution in [0.4, 0.5) is 0 Å². The van der Waals surface area contributed by atoms with Gasteiger partial charge in [0.2, 0.25) is 5.56 Å². The topological polar surface area (TPSA) is 52.5 Å². The Morgan fingerprint density at radius 2 is 2.17 bits per heavy atom. The summed E-state index contributed by atoms with van der Waals surface area (Å²) < 4.78 is 13.3. The lowest BCUT2D eigenvalue weighted by Crippen LogP contribution is -2.65. The molecule has 1 aromatic rings. The molecule has 1 spiro atoms. The molecule has 1 aliphatic heterocycles. The van der Waals surface area contributed by atoms with Gasteiger partial charge in [0.15, 0.2) is 0 Å². The average molecular weight is 334 g/mol. The molecule has 3 rings (SSSR count). The van der Waals surface area contributed by atoms with E-state index in [0.29, 0.717) is 12.1 Å². The van der Waals surface area contributed by atoms with Gasteiger partial charge in [0.25, 0.3) is 0 Å². The lowest BCUT2D eigenvalue weighted by molar-refractivity contribution is -0.172. The van der Waals surface area contributed by atoms with Crippen LogP contribution in [0.25, 0.3) is 0 Å². The Kier molecular flexibility index (Phi) is 6.09. The van der Waals surface area contributed by atoms with Gasteiger partial charge in [0.1, 0.15) is 0 Å². The van der Waals surface area contributed by atoms with Crippen LogP contribution in [-0.2, 0) is 16.0 Å². The molecule has 2 aliphatic rings. The van der Waals surface area contributed by atoms with E-state index in [9.17, 15) is 4.79 Å². The second-order valence-corrected chi connectivity index (χ2v) is 6.97. The van der Waals surface area contributed by atoms with Gasteiger partial charge < -0.3 is 19.4 Å². The van der Waals surface area contributed by atoms with Gasteiger partial charge in [-0.25, -0.2) is 0 Å². The van der Waals surface area contributed by atoms with Crippen LogP contribution >= 0.6 is 0 Å². The Hall–Kier alpha value is -1.17. The number of pyridine rings is 1. The minimum absolute atomic E-state index is 0.0881. The van der Waals surface area contributed by atoms with Crippen molar-refractivity contribution in [3.8, 4) is 0 Å². The van der Waals surface area contributed by atoms with Crippen LogP contribution < -0.4 is 10.9 Å². The molecule has 1 saturated carbocycles. The summed E-state index contributed by atoms with van der Waals surface area (Å²) in [5.41, 5.74) is 0.370. The normalized spacial score (nSPS) is 25.5. The van der Waals surface area contributed by atoms with E-state index in [4.69, 9.17) is 9.47 Å². The molecule has 24 heavy (non-hydrogen) atoms. The summed E-state index contributed by atoms with van der Waals surface area (Å²) in [7, 11) is 0. The van der Waals surface area contributed by atoms with Crippen LogP contribution in [0.5, 0.6) is 0 Å². The second kappa shape index (κ2) is 8.28. The van der Waals surface area contributed by atoms with Crippen LogP contribution in [-0.4, -0.2) is 43.1 Å². The van der Waals surface area contributed by atoms with Gasteiger partial charge in [-0.05, 0) is 51.6 Å². The number of nitrogens with zero attached hydrogens (tertiary/aromatic N) is 1. The second-order valence-electron chi connectivity index (χ2n) is 6.97. The number of aryl methyl sites for hydroxylation is 1. The molecule has 5 nitrogen and oxygen atoms in total. The molecule has 5 heteroatoms. The van der Waals surface area contributed by atoms with Crippen molar-refractivity contribution in [1.82, 2.24) is 9.88 Å². The molecular formula is C19H30N2O3. The van der Waals surface area contributed by atoms with Crippen LogP contribution in [0, 0.1) is 5.41 Å². The SMILES string of the molecule is CCO[C@@H]1C[C@@H](NCCCCn2ccccc2=O)C12CCOCC2. The number of rotatable bonds is 8. The van der Waals surface area contributed by atoms with Crippen LogP contribution in [0.1, 0.15) is 39.0 Å². The molecule has 0 aromatic carbocycles. The van der Waals surface area contributed by atoms with Gasteiger partial charge in [-0.2, -0.15) is 0 Å². The standard InChI is InChI=1S/C19H30N2O3/c1-2-24-17-15-16(19(17)8-13-23-14-9-19)20-10-4-6-12-21-11-5-3-7-18(21)22/h3,5,7,11,16-17,20H,2,4,6,8-10,12-15H2,1H3/t16-,17-/m1/s1. The first-order valence-corrected chi connectivity index (χ1v) is 9.34. The lowest BCUT2D eigenvalue weighted by atomic mass is 9.57. The minimum atomic E-state index is 0.0881. The molecule has 0 bridgehead atoms. The van der Waals surface area contributed by atoms with Crippen molar-refractivity contribution in [2.24, 2.45) is 5.41 Å². The molecular weight excluding hydrogens is 304 g/mol. The summed E-state index contributed by atoms with van der Waals surface area (Å²) in [6.45, 7) is 6.41. The highest BCUT2D eigenvalue weighted by Crippen LogP contribution is 2.50. The number of hydrogen-bond acceptors (Lipinski definition) is 4. The monoisotopic (exact) mass is 334 g/mol. The smallest absolute Gasteiger partial charge is 0.250 e. The molecule has 0 amide bonds. The number of aromatic nitrogens is 1. The molecule has 2 heterocycles. The summed E-state index contributed by atoms with van der Waals surface area (Å²) in [6.07, 6.45) is 7.70. The van der Waals surface area contributed by atoms with Crippen molar-refractivity contribution >= 4 is 0 Å². The van der Waals surface area contributed by atoms with E-state index in [1.165, 1.54) is 0 Å². The van der Waals surface area contributed by atoms with E-state index in [1.54, 1.807) is 16.7 Å². The Morgan fingerprint density at radius 3 is 2.92 bits per heavy atom. The van der Waals surface area contributed by atoms with Gasteiger partial charge in [-0.1, -0.05) is 6.07 Å². The predicted molar refractivity (Wildman–Crippen MR) is 94.2 cm³/mol. The van der Waals surface area contributed by atoms with Crippen LogP contribution in [0.2, 0.25) is 0 Å². The highest BCUT2D eigenvalue weighted by molar-refractivity contribution is 5.08. The molecule has 0 radical (unpaired) electrons. The van der Waals surface area contributed by atoms with Crippen molar-refractivity contribution in [3.63, 3.8) is 0 Å². The van der Waals surface area contributed by atoms with Crippen molar-refractivity contribution in [3.05, 3.63) is 34.7 Å². The number of hydrogen-bond donors (Lipinski definition) is 1. The van der Waals surface area contributed by atoms with Crippen LogP contribution in [0.15, 0.2) is 29.2 Å². The van der Waals surface area contributed by atoms with Gasteiger partial charge in [0.05, 0.1) is 6.10 Å². The molecule has 2 atom stereocenters. The summed E-state index contributed by atoms with van der Waals surface area (Å²) in [5.74, 6) is 0. The van der Waals surface area contributed by atoms with Crippen molar-refractivity contribution < 1.29 is 9.47 Å². The molecule has 2 fully saturated rings. The van der Waals surface area contributed by atoms with E-state index in [2.05, 4.69) is 12.2 Å². The highest BCUT2D eigenvalue weighted by Gasteiger charge is 2.55. The Labute approximate surface area is 144 Å². The zero-order valence-corrected chi connectivity index (χ0v) is 14.7. The largest absolute Gasteiger partial charge is 0.381 e. The fourth-order valence-electron chi connectivity index (χ4n) is 4.22. The Bertz CT molecular complexity index is 566. The maximum absolute atomic E-state index is 11.7. The molecule has 1 N–H and O–H groups in total. The van der Waals surface area contributed by atoms with Gasteiger partial charge in [0, 0.05) is 50.1 Å². The first kappa shape index (κ1) is 17.6. The molecule has 1 aromatic heterocycles. The fourth-order valence-corrected chi connectivity index (χ4v) is 4.22. The minimum Gasteiger partial charge on any atom is -0.381 e. The number of unbranched alkanes of at least 4 members (excludes halogenated alkanes) is 1. The van der Waals surface area contributed by atoms with E-state index in [-0.39, 0.29) is 11.0 Å². The summed E-state index contributed by atoms with van der Waals surface area (Å²) >= 11 is 0. The Morgan fingerprint density at radius 1 is 1.33 bits per heavy atom. The molecule has 134 valence electrons. The third-order valence-corrected chi connectivity index (χ3v) is 5.69. The van der Waals surface area contributed by atoms with Crippen LogP contribution in [0.3, 0.4) is 0 Å². The van der Waals surface area contributed by atoms with E-state index >= 15 is 0 Å². The Balaban J connectivity index is 1.41. The zero-order chi connectivity index (χ0) is 16.8. The van der Waals surface area contributed by atoms with Gasteiger partial charge in [-0.3, -0.25) is 4.79 Å². The lowest BCUT2D eigenvalue weighted by Gasteiger charge is -2.57. The quantitative estimate of drug-likeness (QED) is 0.741. The van der Waals surface area contributed by atoms with E-state index < -0.39 is 0 Å². The van der Waals surface area contributed by atoms with Gasteiger partial charge >= 0.3 is 0 Å². The van der Waals surface area contributed by atoms with Crippen molar-refractivity contribution in [2.75, 3.05) is 26.4 Å². The summed E-state index contributed by atoms with van der Waals surface area (Å²) in [5, 5.41) is 3.75.